The van der Waals surface area contributed by atoms with Crippen LogP contribution in [0.5, 0.6) is 0 Å². The number of carbonyl (C=O) groups is 4. The third kappa shape index (κ3) is 42.7. The number of halogens is 4. The summed E-state index contributed by atoms with van der Waals surface area (Å²) in [5.74, 6) is 0. The van der Waals surface area contributed by atoms with Gasteiger partial charge in [-0.25, -0.2) is 19.2 Å². The number of benzene rings is 4. The van der Waals surface area contributed by atoms with Crippen molar-refractivity contribution < 1.29 is 74.1 Å². The van der Waals surface area contributed by atoms with E-state index in [0.717, 1.165) is 38.8 Å². The van der Waals surface area contributed by atoms with Crippen LogP contribution in [-0.2, 0) is 44.8 Å². The van der Waals surface area contributed by atoms with Crippen LogP contribution in [0.15, 0.2) is 204 Å². The molecule has 0 aliphatic heterocycles. The third-order valence-electron chi connectivity index (χ3n) is 8.16. The number of nitrogens with zero attached hydrogens (tertiary/aromatic N) is 8. The fourth-order valence-corrected chi connectivity index (χ4v) is 6.30. The van der Waals surface area contributed by atoms with Crippen LogP contribution in [0, 0.1) is 60.4 Å². The molecule has 444 valence electrons. The van der Waals surface area contributed by atoms with Crippen molar-refractivity contribution >= 4 is 147 Å². The molecule has 0 aliphatic rings. The van der Waals surface area contributed by atoms with Crippen molar-refractivity contribution in [3.8, 4) is 12.1 Å². The Hall–Kier alpha value is -8.16. The van der Waals surface area contributed by atoms with Gasteiger partial charge >= 0.3 is 68.9 Å². The van der Waals surface area contributed by atoms with Crippen molar-refractivity contribution in [3.05, 3.63) is 242 Å². The molecule has 0 radical (unpaired) electrons. The van der Waals surface area contributed by atoms with Gasteiger partial charge < -0.3 is 73.2 Å². The SMILES string of the molecule is CC#N.CC#N.O=C(Nc1ccncc1)Nc1ccc(Br)cc1.O=C(Nc1ccncc1)Nc1ccc(Br)cc1.O=C(Nc1ccncc1)Nc1ccc(I)cc1.O=C(Nc1ccncc1)Nc1ccc(I)cc1.O=[N+]([O-])[O-].O=[N+]([O-])[O-].[Ag+].[Ag+]. The zero-order valence-electron chi connectivity index (χ0n) is 43.3. The molecule has 0 aliphatic carbocycles. The van der Waals surface area contributed by atoms with Crippen LogP contribution in [0.3, 0.4) is 0 Å². The maximum atomic E-state index is 11.6. The van der Waals surface area contributed by atoms with E-state index < -0.39 is 10.2 Å². The van der Waals surface area contributed by atoms with E-state index in [1.165, 1.54) is 13.8 Å². The number of amides is 8. The number of nitriles is 2. The number of urea groups is 4. The Morgan fingerprint density at radius 2 is 0.500 bits per heavy atom. The van der Waals surface area contributed by atoms with Crippen LogP contribution in [0.4, 0.5) is 64.7 Å². The van der Waals surface area contributed by atoms with E-state index in [9.17, 15) is 19.2 Å². The molecular weight excluding hydrogens is 1640 g/mol. The predicted octanol–water partition coefficient (Wildman–Crippen LogP) is 14.2. The second-order valence-electron chi connectivity index (χ2n) is 14.2. The number of carbonyl (C=O) groups excluding carboxylic acids is 4. The van der Waals surface area contributed by atoms with Crippen LogP contribution < -0.4 is 42.5 Å². The summed E-state index contributed by atoms with van der Waals surface area (Å²) >= 11 is 11.1. The van der Waals surface area contributed by atoms with Crippen LogP contribution in [0.1, 0.15) is 13.8 Å². The first-order valence-corrected chi connectivity index (χ1v) is 26.2. The minimum atomic E-state index is -1.75. The number of hydrogen-bond acceptors (Lipinski definition) is 16. The normalized spacial score (nSPS) is 8.62. The zero-order valence-corrected chi connectivity index (χ0v) is 53.7. The second kappa shape index (κ2) is 48.4. The van der Waals surface area contributed by atoms with Gasteiger partial charge in [0.25, 0.3) is 0 Å². The van der Waals surface area contributed by atoms with E-state index in [-0.39, 0.29) is 68.9 Å². The molecule has 8 rings (SSSR count). The molecule has 84 heavy (non-hydrogen) atoms. The largest absolute Gasteiger partial charge is 1.00 e. The number of rotatable bonds is 8. The zero-order chi connectivity index (χ0) is 60.9. The van der Waals surface area contributed by atoms with Gasteiger partial charge in [-0.1, -0.05) is 31.9 Å². The minimum Gasteiger partial charge on any atom is -0.356 e. The van der Waals surface area contributed by atoms with Crippen LogP contribution in [0.25, 0.3) is 0 Å². The summed E-state index contributed by atoms with van der Waals surface area (Å²) in [4.78, 5) is 78.5. The molecule has 32 heteroatoms. The van der Waals surface area contributed by atoms with Crippen molar-refractivity contribution in [1.29, 1.82) is 10.5 Å². The van der Waals surface area contributed by atoms with E-state index in [1.807, 2.05) is 97.1 Å². The van der Waals surface area contributed by atoms with Gasteiger partial charge in [0.15, 0.2) is 0 Å². The first-order valence-electron chi connectivity index (χ1n) is 22.4. The summed E-state index contributed by atoms with van der Waals surface area (Å²) in [7, 11) is 0. The monoisotopic (exact) mass is 1680 g/mol. The fraction of sp³-hybridized carbons (Fsp3) is 0.0385. The van der Waals surface area contributed by atoms with Gasteiger partial charge in [0.1, 0.15) is 0 Å². The maximum Gasteiger partial charge on any atom is 1.00 e. The molecule has 8 aromatic rings. The van der Waals surface area contributed by atoms with Crippen molar-refractivity contribution in [3.63, 3.8) is 0 Å². The molecule has 0 saturated heterocycles. The third-order valence-corrected chi connectivity index (χ3v) is 10.7. The van der Waals surface area contributed by atoms with Gasteiger partial charge in [-0.2, -0.15) is 10.5 Å². The van der Waals surface area contributed by atoms with Gasteiger partial charge in [-0.15, -0.1) is 0 Å². The Kier molecular flexibility index (Phi) is 44.9. The van der Waals surface area contributed by atoms with E-state index in [2.05, 4.69) is 140 Å². The quantitative estimate of drug-likeness (QED) is 0.0303. The molecule has 0 bridgehead atoms. The molecule has 0 saturated carbocycles. The molecule has 0 spiro atoms. The van der Waals surface area contributed by atoms with E-state index in [0.29, 0.717) is 22.7 Å². The van der Waals surface area contributed by atoms with Gasteiger partial charge in [-0.05, 0) is 191 Å². The smallest absolute Gasteiger partial charge is 0.356 e. The Bertz CT molecular complexity index is 2810. The number of pyridine rings is 4. The van der Waals surface area contributed by atoms with Crippen LogP contribution in [0.2, 0.25) is 0 Å². The second-order valence-corrected chi connectivity index (χ2v) is 18.5. The molecule has 8 N–H and O–H groups in total. The molecule has 4 aromatic carbocycles. The molecule has 0 atom stereocenters. The van der Waals surface area contributed by atoms with Gasteiger partial charge in [-0.3, -0.25) is 19.9 Å². The molecule has 26 nitrogen and oxygen atoms in total. The van der Waals surface area contributed by atoms with Crippen molar-refractivity contribution in [2.75, 3.05) is 42.5 Å². The molecule has 4 aromatic heterocycles. The summed E-state index contributed by atoms with van der Waals surface area (Å²) in [5.41, 5.74) is 5.82. The van der Waals surface area contributed by atoms with E-state index in [1.54, 1.807) is 110 Å². The fourth-order valence-electron chi connectivity index (χ4n) is 5.05. The number of nitrogens with one attached hydrogen (secondary N) is 8. The van der Waals surface area contributed by atoms with Crippen molar-refractivity contribution in [2.45, 2.75) is 13.8 Å². The topological polar surface area (TPSA) is 396 Å². The first kappa shape index (κ1) is 77.9. The summed E-state index contributed by atoms with van der Waals surface area (Å²) in [6, 6.07) is 46.1. The Morgan fingerprint density at radius 1 is 0.369 bits per heavy atom. The summed E-state index contributed by atoms with van der Waals surface area (Å²) in [6.07, 6.45) is 13.0. The summed E-state index contributed by atoms with van der Waals surface area (Å²) in [6.45, 7) is 2.86. The molecule has 8 amide bonds. The Balaban J connectivity index is 0. The van der Waals surface area contributed by atoms with E-state index in [4.69, 9.17) is 41.2 Å². The number of aromatic nitrogens is 4. The Labute approximate surface area is 556 Å². The van der Waals surface area contributed by atoms with Gasteiger partial charge in [0, 0.05) is 125 Å². The maximum absolute atomic E-state index is 11.6. The number of anilines is 8. The van der Waals surface area contributed by atoms with Crippen molar-refractivity contribution in [2.24, 2.45) is 0 Å². The average Bonchev–Trinajstić information content (AvgIpc) is 3.44. The number of hydrogen-bond donors (Lipinski definition) is 8. The predicted molar refractivity (Wildman–Crippen MR) is 337 cm³/mol. The Morgan fingerprint density at radius 3 is 0.655 bits per heavy atom. The minimum absolute atomic E-state index is 0. The standard InChI is InChI=1S/2C12H10BrN3O.2C12H10IN3O.2C2H3N.2Ag.2NO3/c4*13-9-1-3-10(4-2-9)15-12(17)16-11-5-7-14-8-6-11;2*1-2-3;;;2*2-1(3)4/h4*1-8H,(H2,14,15,16,17);2*1H3;;;;/q;;;;;;2*+1;2*-1. The van der Waals surface area contributed by atoms with Gasteiger partial charge in [0.2, 0.25) is 0 Å². The molecule has 4 heterocycles. The average molecular weight is 1680 g/mol. The molecule has 0 unspecified atom stereocenters. The van der Waals surface area contributed by atoms with E-state index >= 15 is 0 Å². The van der Waals surface area contributed by atoms with Crippen LogP contribution in [-0.4, -0.2) is 54.2 Å². The summed E-state index contributed by atoms with van der Waals surface area (Å²) < 4.78 is 4.19. The molecular formula is C52H46Ag2Br2I2N16O10. The first-order chi connectivity index (χ1) is 39.2. The molecule has 0 fully saturated rings. The summed E-state index contributed by atoms with van der Waals surface area (Å²) in [5, 5.41) is 65.9. The van der Waals surface area contributed by atoms with Crippen LogP contribution >= 0.6 is 77.0 Å². The van der Waals surface area contributed by atoms with Gasteiger partial charge in [0.05, 0.1) is 22.3 Å². The van der Waals surface area contributed by atoms with Crippen molar-refractivity contribution in [1.82, 2.24) is 19.9 Å².